The van der Waals surface area contributed by atoms with Gasteiger partial charge in [0, 0.05) is 11.0 Å². The Morgan fingerprint density at radius 2 is 2.14 bits per heavy atom. The number of H-pyrrole nitrogens is 1. The summed E-state index contributed by atoms with van der Waals surface area (Å²) in [5, 5.41) is 6.45. The Bertz CT molecular complexity index is 782. The molecule has 7 heteroatoms. The number of aryl methyl sites for hydroxylation is 1. The van der Waals surface area contributed by atoms with Crippen LogP contribution < -0.4 is 10.6 Å². The number of nitrogens with one attached hydrogen (secondary N) is 3. The highest BCUT2D eigenvalue weighted by Crippen LogP contribution is 2.30. The number of aromatic nitrogens is 4. The van der Waals surface area contributed by atoms with E-state index in [2.05, 4.69) is 46.5 Å². The van der Waals surface area contributed by atoms with Gasteiger partial charge in [0.25, 0.3) is 0 Å². The molecule has 0 unspecified atom stereocenters. The maximum Gasteiger partial charge on any atom is 0.226 e. The maximum absolute atomic E-state index is 4.50. The van der Waals surface area contributed by atoms with Crippen molar-refractivity contribution in [1.29, 1.82) is 0 Å². The molecule has 0 saturated heterocycles. The summed E-state index contributed by atoms with van der Waals surface area (Å²) in [5.74, 6) is 1.25. The largest absolute Gasteiger partial charge is 0.354 e. The Morgan fingerprint density at radius 1 is 1.29 bits per heavy atom. The summed E-state index contributed by atoms with van der Waals surface area (Å²) in [6.07, 6.45) is 1.62. The van der Waals surface area contributed by atoms with Gasteiger partial charge < -0.3 is 15.6 Å². The van der Waals surface area contributed by atoms with Gasteiger partial charge in [0.2, 0.25) is 5.95 Å². The van der Waals surface area contributed by atoms with Crippen molar-refractivity contribution in [2.75, 3.05) is 17.2 Å². The molecule has 0 atom stereocenters. The SMILES string of the molecule is CCNc1nc(Nc2cccc(C)c2Br)c2[nH]cnc2n1. The zero-order valence-electron chi connectivity index (χ0n) is 11.7. The van der Waals surface area contributed by atoms with Gasteiger partial charge in [-0.2, -0.15) is 9.97 Å². The van der Waals surface area contributed by atoms with Gasteiger partial charge in [0.15, 0.2) is 11.5 Å². The number of anilines is 3. The quantitative estimate of drug-likeness (QED) is 0.672. The zero-order chi connectivity index (χ0) is 14.8. The number of rotatable bonds is 4. The summed E-state index contributed by atoms with van der Waals surface area (Å²) in [6, 6.07) is 6.04. The van der Waals surface area contributed by atoms with E-state index in [1.165, 1.54) is 0 Å². The minimum Gasteiger partial charge on any atom is -0.354 e. The average molecular weight is 347 g/mol. The Hall–Kier alpha value is -2.15. The lowest BCUT2D eigenvalue weighted by atomic mass is 10.2. The number of halogens is 1. The van der Waals surface area contributed by atoms with Crippen LogP contribution in [0.2, 0.25) is 0 Å². The first-order valence-electron chi connectivity index (χ1n) is 6.66. The van der Waals surface area contributed by atoms with Crippen molar-refractivity contribution in [3.8, 4) is 0 Å². The molecule has 2 heterocycles. The van der Waals surface area contributed by atoms with E-state index in [4.69, 9.17) is 0 Å². The van der Waals surface area contributed by atoms with Crippen molar-refractivity contribution in [2.24, 2.45) is 0 Å². The molecule has 108 valence electrons. The normalized spacial score (nSPS) is 10.8. The Kier molecular flexibility index (Phi) is 3.74. The second-order valence-corrected chi connectivity index (χ2v) is 5.38. The lowest BCUT2D eigenvalue weighted by Gasteiger charge is -2.11. The van der Waals surface area contributed by atoms with Crippen molar-refractivity contribution >= 4 is 44.5 Å². The molecular weight excluding hydrogens is 332 g/mol. The van der Waals surface area contributed by atoms with Crippen molar-refractivity contribution in [1.82, 2.24) is 19.9 Å². The topological polar surface area (TPSA) is 78.5 Å². The van der Waals surface area contributed by atoms with E-state index < -0.39 is 0 Å². The van der Waals surface area contributed by atoms with Crippen LogP contribution in [0.25, 0.3) is 11.2 Å². The highest BCUT2D eigenvalue weighted by molar-refractivity contribution is 9.10. The van der Waals surface area contributed by atoms with Crippen LogP contribution in [0.3, 0.4) is 0 Å². The van der Waals surface area contributed by atoms with Gasteiger partial charge in [-0.25, -0.2) is 4.98 Å². The first kappa shape index (κ1) is 13.8. The first-order valence-corrected chi connectivity index (χ1v) is 7.45. The summed E-state index contributed by atoms with van der Waals surface area (Å²) in [7, 11) is 0. The molecule has 0 aliphatic heterocycles. The summed E-state index contributed by atoms with van der Waals surface area (Å²) >= 11 is 3.59. The minimum absolute atomic E-state index is 0.559. The van der Waals surface area contributed by atoms with E-state index in [-0.39, 0.29) is 0 Å². The molecule has 3 aromatic rings. The van der Waals surface area contributed by atoms with Gasteiger partial charge >= 0.3 is 0 Å². The van der Waals surface area contributed by atoms with Crippen LogP contribution in [0, 0.1) is 6.92 Å². The van der Waals surface area contributed by atoms with Crippen molar-refractivity contribution in [2.45, 2.75) is 13.8 Å². The van der Waals surface area contributed by atoms with E-state index in [0.717, 1.165) is 27.8 Å². The molecule has 0 aliphatic rings. The van der Waals surface area contributed by atoms with Gasteiger partial charge in [-0.3, -0.25) is 0 Å². The molecule has 0 saturated carbocycles. The average Bonchev–Trinajstić information content (AvgIpc) is 2.93. The summed E-state index contributed by atoms with van der Waals surface area (Å²) in [4.78, 5) is 16.1. The third-order valence-corrected chi connectivity index (χ3v) is 4.12. The van der Waals surface area contributed by atoms with Crippen molar-refractivity contribution in [3.05, 3.63) is 34.6 Å². The molecule has 0 fully saturated rings. The predicted molar refractivity (Wildman–Crippen MR) is 88.0 cm³/mol. The number of hydrogen-bond acceptors (Lipinski definition) is 5. The number of benzene rings is 1. The smallest absolute Gasteiger partial charge is 0.226 e. The number of fused-ring (bicyclic) bond motifs is 1. The molecule has 0 bridgehead atoms. The fourth-order valence-electron chi connectivity index (χ4n) is 2.03. The van der Waals surface area contributed by atoms with E-state index in [9.17, 15) is 0 Å². The molecule has 6 nitrogen and oxygen atoms in total. The van der Waals surface area contributed by atoms with Crippen LogP contribution in [0.1, 0.15) is 12.5 Å². The summed E-state index contributed by atoms with van der Waals surface area (Å²) < 4.78 is 1.02. The monoisotopic (exact) mass is 346 g/mol. The van der Waals surface area contributed by atoms with E-state index in [1.807, 2.05) is 32.0 Å². The van der Waals surface area contributed by atoms with Gasteiger partial charge in [-0.1, -0.05) is 12.1 Å². The van der Waals surface area contributed by atoms with Crippen LogP contribution in [-0.4, -0.2) is 26.5 Å². The van der Waals surface area contributed by atoms with Crippen LogP contribution >= 0.6 is 15.9 Å². The molecule has 2 aromatic heterocycles. The molecule has 21 heavy (non-hydrogen) atoms. The molecule has 3 rings (SSSR count). The number of nitrogens with zero attached hydrogens (tertiary/aromatic N) is 3. The van der Waals surface area contributed by atoms with Crippen LogP contribution in [0.4, 0.5) is 17.5 Å². The van der Waals surface area contributed by atoms with Crippen molar-refractivity contribution in [3.63, 3.8) is 0 Å². The van der Waals surface area contributed by atoms with Crippen LogP contribution in [0.5, 0.6) is 0 Å². The second-order valence-electron chi connectivity index (χ2n) is 4.59. The third-order valence-electron chi connectivity index (χ3n) is 3.07. The Labute approximate surface area is 130 Å². The zero-order valence-corrected chi connectivity index (χ0v) is 13.3. The molecule has 0 spiro atoms. The molecule has 0 amide bonds. The fraction of sp³-hybridized carbons (Fsp3) is 0.214. The van der Waals surface area contributed by atoms with Gasteiger partial charge in [0.05, 0.1) is 12.0 Å². The summed E-state index contributed by atoms with van der Waals surface area (Å²) in [5.41, 5.74) is 3.52. The van der Waals surface area contributed by atoms with Gasteiger partial charge in [-0.05, 0) is 41.4 Å². The lowest BCUT2D eigenvalue weighted by Crippen LogP contribution is -2.05. The standard InChI is InChI=1S/C14H15BrN6/c1-3-16-14-20-12-11(17-7-18-12)13(21-14)19-9-6-4-5-8(2)10(9)15/h4-7H,3H2,1-2H3,(H3,16,17,18,19,20,21). The van der Waals surface area contributed by atoms with E-state index >= 15 is 0 Å². The lowest BCUT2D eigenvalue weighted by molar-refractivity contribution is 1.10. The van der Waals surface area contributed by atoms with Crippen molar-refractivity contribution < 1.29 is 0 Å². The van der Waals surface area contributed by atoms with Crippen LogP contribution in [-0.2, 0) is 0 Å². The van der Waals surface area contributed by atoms with Gasteiger partial charge in [0.1, 0.15) is 5.52 Å². The third kappa shape index (κ3) is 2.69. The minimum atomic E-state index is 0.559. The number of hydrogen-bond donors (Lipinski definition) is 3. The predicted octanol–water partition coefficient (Wildman–Crippen LogP) is 3.60. The van der Waals surface area contributed by atoms with E-state index in [0.29, 0.717) is 17.4 Å². The Balaban J connectivity index is 2.06. The Morgan fingerprint density at radius 3 is 2.95 bits per heavy atom. The highest BCUT2D eigenvalue weighted by atomic mass is 79.9. The summed E-state index contributed by atoms with van der Waals surface area (Å²) in [6.45, 7) is 4.80. The fourth-order valence-corrected chi connectivity index (χ4v) is 2.40. The highest BCUT2D eigenvalue weighted by Gasteiger charge is 2.11. The molecular formula is C14H15BrN6. The second kappa shape index (κ2) is 5.69. The van der Waals surface area contributed by atoms with E-state index in [1.54, 1.807) is 6.33 Å². The molecule has 1 aromatic carbocycles. The molecule has 0 aliphatic carbocycles. The molecule has 0 radical (unpaired) electrons. The van der Waals surface area contributed by atoms with Gasteiger partial charge in [-0.15, -0.1) is 0 Å². The number of aromatic amines is 1. The maximum atomic E-state index is 4.50. The first-order chi connectivity index (χ1) is 10.2. The van der Waals surface area contributed by atoms with Crippen LogP contribution in [0.15, 0.2) is 29.0 Å². The molecule has 3 N–H and O–H groups in total. The number of imidazole rings is 1.